The predicted molar refractivity (Wildman–Crippen MR) is 265 cm³/mol. The average Bonchev–Trinajstić information content (AvgIpc) is 3.93. The lowest BCUT2D eigenvalue weighted by Gasteiger charge is -2.64. The molecule has 0 aromatic rings. The van der Waals surface area contributed by atoms with E-state index in [1.807, 2.05) is 6.92 Å². The lowest BCUT2D eigenvalue weighted by atomic mass is 9.40. The van der Waals surface area contributed by atoms with Gasteiger partial charge in [-0.15, -0.1) is 0 Å². The zero-order valence-corrected chi connectivity index (χ0v) is 46.7. The summed E-state index contributed by atoms with van der Waals surface area (Å²) in [6.07, 6.45) is -21.3. The first-order valence-electron chi connectivity index (χ1n) is 27.7. The van der Waals surface area contributed by atoms with Gasteiger partial charge in [-0.1, -0.05) is 53.2 Å². The van der Waals surface area contributed by atoms with Crippen LogP contribution in [0.2, 0.25) is 0 Å². The smallest absolute Gasteiger partial charge is 0.397 e. The van der Waals surface area contributed by atoms with Gasteiger partial charge in [0.1, 0.15) is 79.4 Å². The molecule has 1 spiro atoms. The molecule has 0 aromatic heterocycles. The third-order valence-corrected chi connectivity index (χ3v) is 20.6. The first-order chi connectivity index (χ1) is 36.5. The number of fused-ring (bicyclic) bond motifs is 4. The molecule has 5 aliphatic heterocycles. The summed E-state index contributed by atoms with van der Waals surface area (Å²) >= 11 is 0. The van der Waals surface area contributed by atoms with Gasteiger partial charge in [-0.2, -0.15) is 8.42 Å². The van der Waals surface area contributed by atoms with Gasteiger partial charge in [-0.25, -0.2) is 4.18 Å². The van der Waals surface area contributed by atoms with Gasteiger partial charge in [0.25, 0.3) is 0 Å². The number of methoxy groups -OCH3 is 1. The van der Waals surface area contributed by atoms with Crippen LogP contribution in [-0.2, 0) is 71.5 Å². The van der Waals surface area contributed by atoms with Crippen LogP contribution in [0, 0.1) is 45.3 Å². The van der Waals surface area contributed by atoms with Gasteiger partial charge in [0, 0.05) is 24.9 Å². The number of hydrogen-bond acceptors (Lipinski definition) is 23. The maximum absolute atomic E-state index is 14.4. The first-order valence-corrected chi connectivity index (χ1v) is 29.0. The minimum atomic E-state index is -5.14. The molecule has 8 fully saturated rings. The van der Waals surface area contributed by atoms with E-state index in [4.69, 9.17) is 51.6 Å². The maximum atomic E-state index is 14.4. The van der Waals surface area contributed by atoms with E-state index in [1.165, 1.54) is 19.6 Å². The first kappa shape index (κ1) is 60.7. The summed E-state index contributed by atoms with van der Waals surface area (Å²) in [5.41, 5.74) is -2.05. The van der Waals surface area contributed by atoms with Crippen LogP contribution in [-0.4, -0.2) is 215 Å². The van der Waals surface area contributed by atoms with Crippen LogP contribution in [0.4, 0.5) is 0 Å². The van der Waals surface area contributed by atoms with E-state index >= 15 is 0 Å². The van der Waals surface area contributed by atoms with E-state index in [1.54, 1.807) is 0 Å². The van der Waals surface area contributed by atoms with Gasteiger partial charge in [-0.3, -0.25) is 14.1 Å². The van der Waals surface area contributed by atoms with Gasteiger partial charge in [0.15, 0.2) is 36.5 Å². The number of Topliss-reactive ketones (excluding diaryl/α,β-unsaturated/α-hetero) is 1. The van der Waals surface area contributed by atoms with E-state index in [2.05, 4.69) is 47.6 Å². The number of ether oxygens (including phenoxy) is 10. The second-order valence-corrected chi connectivity index (χ2v) is 26.2. The normalized spacial score (nSPS) is 50.2. The van der Waals surface area contributed by atoms with Gasteiger partial charge in [0.2, 0.25) is 0 Å². The Balaban J connectivity index is 0.890. The van der Waals surface area contributed by atoms with Crippen molar-refractivity contribution in [3.63, 3.8) is 0 Å². The molecule has 9 aliphatic rings. The fourth-order valence-corrected chi connectivity index (χ4v) is 16.3. The van der Waals surface area contributed by atoms with E-state index in [-0.39, 0.29) is 34.9 Å². The summed E-state index contributed by atoms with van der Waals surface area (Å²) < 4.78 is 97.7. The summed E-state index contributed by atoms with van der Waals surface area (Å²) in [7, 11) is -3.93. The fraction of sp³-hybridized carbons (Fsp3) is 0.925. The molecule has 5 saturated heterocycles. The number of hydrogen-bond donors (Lipinski definition) is 9. The molecule has 0 bridgehead atoms. The Hall–Kier alpha value is -1.93. The third kappa shape index (κ3) is 10.2. The molecular formula is C53H84O24S. The average molecular weight is 1140 g/mol. The summed E-state index contributed by atoms with van der Waals surface area (Å²) in [5, 5.41) is 88.2. The van der Waals surface area contributed by atoms with Crippen LogP contribution in [0.5, 0.6) is 0 Å². The summed E-state index contributed by atoms with van der Waals surface area (Å²) in [5.74, 6) is 0.00273. The van der Waals surface area contributed by atoms with Crippen molar-refractivity contribution in [2.45, 2.75) is 235 Å². The van der Waals surface area contributed by atoms with Gasteiger partial charge in [0.05, 0.1) is 37.4 Å². The Morgan fingerprint density at radius 1 is 0.744 bits per heavy atom. The summed E-state index contributed by atoms with van der Waals surface area (Å²) in [4.78, 5) is 28.3. The van der Waals surface area contributed by atoms with Gasteiger partial charge in [-0.05, 0) is 93.8 Å². The van der Waals surface area contributed by atoms with E-state index in [0.717, 1.165) is 19.3 Å². The second kappa shape index (κ2) is 22.2. The van der Waals surface area contributed by atoms with Crippen LogP contribution in [0.3, 0.4) is 0 Å². The highest BCUT2D eigenvalue weighted by Crippen LogP contribution is 2.76. The highest BCUT2D eigenvalue weighted by atomic mass is 32.3. The Kier molecular flexibility index (Phi) is 17.3. The topological polar surface area (TPSA) is 352 Å². The Morgan fingerprint density at radius 2 is 1.40 bits per heavy atom. The van der Waals surface area contributed by atoms with Gasteiger partial charge < -0.3 is 88.2 Å². The number of allylic oxidation sites excluding steroid dienone is 2. The Labute approximate surface area is 455 Å². The van der Waals surface area contributed by atoms with Crippen LogP contribution < -0.4 is 0 Å². The molecule has 78 heavy (non-hydrogen) atoms. The van der Waals surface area contributed by atoms with Crippen LogP contribution >= 0.6 is 0 Å². The van der Waals surface area contributed by atoms with E-state index in [0.29, 0.717) is 44.4 Å². The van der Waals surface area contributed by atoms with Crippen molar-refractivity contribution in [1.82, 2.24) is 0 Å². The molecule has 0 amide bonds. The van der Waals surface area contributed by atoms with Crippen molar-refractivity contribution in [2.24, 2.45) is 45.3 Å². The molecule has 24 nitrogen and oxygen atoms in total. The third-order valence-electron chi connectivity index (χ3n) is 20.2. The number of carbonyl (C=O) groups is 2. The molecule has 446 valence electrons. The van der Waals surface area contributed by atoms with Crippen LogP contribution in [0.15, 0.2) is 11.6 Å². The van der Waals surface area contributed by atoms with Crippen molar-refractivity contribution >= 4 is 22.2 Å². The number of aliphatic hydroxyl groups excluding tert-OH is 8. The molecule has 9 rings (SSSR count). The molecule has 25 heteroatoms. The minimum absolute atomic E-state index is 0.00469. The van der Waals surface area contributed by atoms with Crippen molar-refractivity contribution in [3.8, 4) is 0 Å². The number of carbonyl (C=O) groups excluding carboxylic acids is 2. The van der Waals surface area contributed by atoms with E-state index < -0.39 is 169 Å². The van der Waals surface area contributed by atoms with Crippen molar-refractivity contribution < 1.29 is 115 Å². The fourth-order valence-electron chi connectivity index (χ4n) is 15.8. The van der Waals surface area contributed by atoms with Crippen molar-refractivity contribution in [3.05, 3.63) is 11.6 Å². The predicted octanol–water partition coefficient (Wildman–Crippen LogP) is 0.337. The lowest BCUT2D eigenvalue weighted by Crippen LogP contribution is -2.65. The SMILES string of the molecule is COC1C(O)C(CO)OC(OC2C(O)COC(OC3C(C)OC(OC4C(OC5CCC6(C)C7CCC89C(=O)O[C@@](C)(C(=O)CCC(C)C)C8CC[C@@]9(C)C7=CCC6C5(C)C)OCC(OS(=O)(=O)O)C4O)C(O)C3O)C2O)C1O. The summed E-state index contributed by atoms with van der Waals surface area (Å²) in [6.45, 7) is 14.4. The zero-order chi connectivity index (χ0) is 57.0. The monoisotopic (exact) mass is 1140 g/mol. The Morgan fingerprint density at radius 3 is 2.06 bits per heavy atom. The van der Waals surface area contributed by atoms with Crippen LogP contribution in [0.1, 0.15) is 113 Å². The number of aliphatic hydroxyl groups is 8. The molecule has 24 unspecified atom stereocenters. The highest BCUT2D eigenvalue weighted by molar-refractivity contribution is 7.80. The van der Waals surface area contributed by atoms with Crippen molar-refractivity contribution in [1.29, 1.82) is 0 Å². The number of esters is 1. The molecule has 3 saturated carbocycles. The molecular weight excluding hydrogens is 1050 g/mol. The zero-order valence-electron chi connectivity index (χ0n) is 45.9. The van der Waals surface area contributed by atoms with E-state index in [9.17, 15) is 63.4 Å². The largest absolute Gasteiger partial charge is 0.451 e. The maximum Gasteiger partial charge on any atom is 0.397 e. The quantitative estimate of drug-likeness (QED) is 0.0571. The van der Waals surface area contributed by atoms with Crippen LogP contribution in [0.25, 0.3) is 0 Å². The Bertz CT molecular complexity index is 2320. The number of rotatable bonds is 16. The second-order valence-electron chi connectivity index (χ2n) is 25.2. The number of ketones is 1. The minimum Gasteiger partial charge on any atom is -0.451 e. The molecule has 0 radical (unpaired) electrons. The van der Waals surface area contributed by atoms with Crippen molar-refractivity contribution in [2.75, 3.05) is 26.9 Å². The molecule has 26 atom stereocenters. The molecule has 5 heterocycles. The highest BCUT2D eigenvalue weighted by Gasteiger charge is 2.77. The summed E-state index contributed by atoms with van der Waals surface area (Å²) in [6, 6.07) is 0. The van der Waals surface area contributed by atoms with Gasteiger partial charge >= 0.3 is 16.4 Å². The standard InChI is InChI=1S/C53H84O24S/c1-23(2)10-13-32(56)52(8)31-15-18-51(7)26-11-12-30-49(4,5)33(16-17-50(30,6)25(26)14-19-53(31,51)48(63)76-52)72-47-43(35(58)29(22-69-47)77-78(64,65)66)75-45-37(60)36(59)40(24(3)70-45)73-44-38(61)41(27(55)21-68-44)74-46-39(62)42(67-9)34(57)28(20-54)71-46/h11,23-25,27-31,33-47,54-55,57-62H,10,12-22H2,1-9H3,(H,64,65,66)/t24?,25?,27?,28?,29?,30?,31?,33?,34?,35?,36?,37?,38?,39?,40?,41?,42?,43?,44?,45?,46?,47?,50?,51-,52+,53?/m0/s1. The molecule has 4 aliphatic carbocycles. The lowest BCUT2D eigenvalue weighted by molar-refractivity contribution is -0.382. The number of cyclic esters (lactones) is 1. The molecule has 0 aromatic carbocycles. The molecule has 9 N–H and O–H groups in total.